The standard InChI is InChI=1S/C16H14ClFN2/c1-2-5-11-8-16(14(18)9-13(11)17)20-10-12-6-3-4-7-15(12)19-20/h1,8-10H,3-7H2. The number of halogens is 2. The van der Waals surface area contributed by atoms with Gasteiger partial charge >= 0.3 is 0 Å². The molecule has 1 aromatic heterocycles. The van der Waals surface area contributed by atoms with E-state index in [2.05, 4.69) is 11.0 Å². The van der Waals surface area contributed by atoms with Gasteiger partial charge in [0.25, 0.3) is 0 Å². The van der Waals surface area contributed by atoms with E-state index < -0.39 is 0 Å². The number of aromatic nitrogens is 2. The smallest absolute Gasteiger partial charge is 0.150 e. The zero-order chi connectivity index (χ0) is 14.1. The van der Waals surface area contributed by atoms with Gasteiger partial charge in [-0.3, -0.25) is 0 Å². The highest BCUT2D eigenvalue weighted by Crippen LogP contribution is 2.26. The summed E-state index contributed by atoms with van der Waals surface area (Å²) >= 11 is 6.00. The maximum atomic E-state index is 14.1. The molecule has 0 unspecified atom stereocenters. The number of nitrogens with zero attached hydrogens (tertiary/aromatic N) is 2. The number of hydrogen-bond acceptors (Lipinski definition) is 1. The van der Waals surface area contributed by atoms with Crippen LogP contribution in [0.3, 0.4) is 0 Å². The lowest BCUT2D eigenvalue weighted by Crippen LogP contribution is -2.02. The summed E-state index contributed by atoms with van der Waals surface area (Å²) in [7, 11) is 0. The minimum Gasteiger partial charge on any atom is -0.237 e. The summed E-state index contributed by atoms with van der Waals surface area (Å²) in [6.07, 6.45) is 11.9. The van der Waals surface area contributed by atoms with E-state index in [0.717, 1.165) is 30.5 Å². The van der Waals surface area contributed by atoms with Crippen LogP contribution in [0.2, 0.25) is 5.02 Å². The topological polar surface area (TPSA) is 17.8 Å². The predicted molar refractivity (Wildman–Crippen MR) is 77.7 cm³/mol. The van der Waals surface area contributed by atoms with Crippen molar-refractivity contribution in [2.24, 2.45) is 0 Å². The Morgan fingerprint density at radius 2 is 2.15 bits per heavy atom. The van der Waals surface area contributed by atoms with Crippen LogP contribution in [-0.2, 0) is 19.3 Å². The first-order valence-electron chi connectivity index (χ1n) is 6.68. The Kier molecular flexibility index (Phi) is 3.50. The van der Waals surface area contributed by atoms with Crippen LogP contribution in [-0.4, -0.2) is 9.78 Å². The van der Waals surface area contributed by atoms with Gasteiger partial charge in [0, 0.05) is 17.6 Å². The lowest BCUT2D eigenvalue weighted by Gasteiger charge is -2.07. The SMILES string of the molecule is C#CCc1cc(-n2cc3c(n2)CCCC3)c(F)cc1Cl. The van der Waals surface area contributed by atoms with Crippen LogP contribution in [0.25, 0.3) is 5.69 Å². The van der Waals surface area contributed by atoms with Crippen molar-refractivity contribution in [3.63, 3.8) is 0 Å². The van der Waals surface area contributed by atoms with Crippen molar-refractivity contribution in [2.75, 3.05) is 0 Å². The maximum absolute atomic E-state index is 14.1. The van der Waals surface area contributed by atoms with Crippen LogP contribution in [0.5, 0.6) is 0 Å². The Hall–Kier alpha value is -1.79. The molecule has 2 aromatic rings. The second-order valence-corrected chi connectivity index (χ2v) is 5.44. The lowest BCUT2D eigenvalue weighted by molar-refractivity contribution is 0.608. The quantitative estimate of drug-likeness (QED) is 0.770. The van der Waals surface area contributed by atoms with Gasteiger partial charge in [-0.05, 0) is 48.9 Å². The molecule has 1 aliphatic rings. The molecular formula is C16H14ClFN2. The molecular weight excluding hydrogens is 275 g/mol. The summed E-state index contributed by atoms with van der Waals surface area (Å²) in [5.41, 5.74) is 3.45. The summed E-state index contributed by atoms with van der Waals surface area (Å²) in [5, 5.41) is 4.86. The first-order valence-corrected chi connectivity index (χ1v) is 7.06. The largest absolute Gasteiger partial charge is 0.237 e. The van der Waals surface area contributed by atoms with Crippen LogP contribution in [0.4, 0.5) is 4.39 Å². The molecule has 3 rings (SSSR count). The van der Waals surface area contributed by atoms with E-state index >= 15 is 0 Å². The van der Waals surface area contributed by atoms with Crippen molar-refractivity contribution in [1.82, 2.24) is 9.78 Å². The van der Waals surface area contributed by atoms with E-state index in [1.54, 1.807) is 10.7 Å². The number of benzene rings is 1. The molecule has 20 heavy (non-hydrogen) atoms. The van der Waals surface area contributed by atoms with Crippen LogP contribution in [0, 0.1) is 18.2 Å². The molecule has 4 heteroatoms. The summed E-state index contributed by atoms with van der Waals surface area (Å²) in [6.45, 7) is 0. The van der Waals surface area contributed by atoms with E-state index in [-0.39, 0.29) is 5.82 Å². The average molecular weight is 289 g/mol. The third-order valence-electron chi connectivity index (χ3n) is 3.64. The molecule has 0 amide bonds. The normalized spacial score (nSPS) is 13.8. The van der Waals surface area contributed by atoms with Crippen molar-refractivity contribution in [1.29, 1.82) is 0 Å². The molecule has 0 radical (unpaired) electrons. The summed E-state index contributed by atoms with van der Waals surface area (Å²) in [6, 6.07) is 3.00. The molecule has 0 saturated heterocycles. The molecule has 0 aliphatic heterocycles. The Morgan fingerprint density at radius 1 is 1.35 bits per heavy atom. The number of hydrogen-bond donors (Lipinski definition) is 0. The fourth-order valence-corrected chi connectivity index (χ4v) is 2.81. The van der Waals surface area contributed by atoms with Crippen molar-refractivity contribution in [2.45, 2.75) is 32.1 Å². The predicted octanol–water partition coefficient (Wildman–Crippen LogP) is 3.72. The summed E-state index contributed by atoms with van der Waals surface area (Å²) < 4.78 is 15.7. The number of rotatable bonds is 2. The van der Waals surface area contributed by atoms with Crippen molar-refractivity contribution >= 4 is 11.6 Å². The first kappa shape index (κ1) is 13.2. The first-order chi connectivity index (χ1) is 9.69. The molecule has 102 valence electrons. The molecule has 1 heterocycles. The van der Waals surface area contributed by atoms with Gasteiger partial charge in [0.2, 0.25) is 0 Å². The molecule has 0 N–H and O–H groups in total. The minimum atomic E-state index is -0.379. The van der Waals surface area contributed by atoms with Crippen LogP contribution >= 0.6 is 11.6 Å². The molecule has 1 aromatic carbocycles. The number of terminal acetylenes is 1. The van der Waals surface area contributed by atoms with E-state index in [0.29, 0.717) is 17.1 Å². The van der Waals surface area contributed by atoms with Gasteiger partial charge in [0.1, 0.15) is 11.5 Å². The fraction of sp³-hybridized carbons (Fsp3) is 0.312. The van der Waals surface area contributed by atoms with Gasteiger partial charge in [0.15, 0.2) is 0 Å². The third-order valence-corrected chi connectivity index (χ3v) is 3.99. The maximum Gasteiger partial charge on any atom is 0.150 e. The molecule has 0 saturated carbocycles. The highest BCUT2D eigenvalue weighted by molar-refractivity contribution is 6.31. The van der Waals surface area contributed by atoms with Gasteiger partial charge in [-0.2, -0.15) is 5.10 Å². The van der Waals surface area contributed by atoms with Gasteiger partial charge in [-0.1, -0.05) is 11.6 Å². The van der Waals surface area contributed by atoms with E-state index in [1.165, 1.54) is 18.1 Å². The molecule has 0 bridgehead atoms. The Morgan fingerprint density at radius 3 is 2.90 bits per heavy atom. The Balaban J connectivity index is 2.07. The average Bonchev–Trinajstić information content (AvgIpc) is 2.85. The zero-order valence-corrected chi connectivity index (χ0v) is 11.8. The van der Waals surface area contributed by atoms with E-state index in [4.69, 9.17) is 18.0 Å². The number of aryl methyl sites for hydroxylation is 2. The van der Waals surface area contributed by atoms with Crippen molar-refractivity contribution < 1.29 is 4.39 Å². The summed E-state index contributed by atoms with van der Waals surface area (Å²) in [5.74, 6) is 2.16. The van der Waals surface area contributed by atoms with Gasteiger partial charge < -0.3 is 0 Å². The second-order valence-electron chi connectivity index (χ2n) is 5.03. The van der Waals surface area contributed by atoms with Gasteiger partial charge in [-0.25, -0.2) is 9.07 Å². The Bertz CT molecular complexity index is 674. The highest BCUT2D eigenvalue weighted by Gasteiger charge is 2.16. The zero-order valence-electron chi connectivity index (χ0n) is 11.0. The third kappa shape index (κ3) is 2.32. The highest BCUT2D eigenvalue weighted by atomic mass is 35.5. The van der Waals surface area contributed by atoms with E-state index in [1.807, 2.05) is 6.20 Å². The van der Waals surface area contributed by atoms with Gasteiger partial charge in [0.05, 0.1) is 5.69 Å². The molecule has 2 nitrogen and oxygen atoms in total. The van der Waals surface area contributed by atoms with Crippen LogP contribution < -0.4 is 0 Å². The second kappa shape index (κ2) is 5.30. The molecule has 0 spiro atoms. The van der Waals surface area contributed by atoms with Gasteiger partial charge in [-0.15, -0.1) is 12.3 Å². The van der Waals surface area contributed by atoms with E-state index in [9.17, 15) is 4.39 Å². The minimum absolute atomic E-state index is 0.362. The monoisotopic (exact) mass is 288 g/mol. The number of fused-ring (bicyclic) bond motifs is 1. The Labute approximate surface area is 122 Å². The van der Waals surface area contributed by atoms with Crippen LogP contribution in [0.15, 0.2) is 18.3 Å². The van der Waals surface area contributed by atoms with Crippen molar-refractivity contribution in [3.8, 4) is 18.0 Å². The van der Waals surface area contributed by atoms with Crippen LogP contribution in [0.1, 0.15) is 29.7 Å². The fourth-order valence-electron chi connectivity index (χ4n) is 2.60. The molecule has 0 atom stereocenters. The lowest BCUT2D eigenvalue weighted by atomic mass is 9.99. The van der Waals surface area contributed by atoms with Crippen molar-refractivity contribution in [3.05, 3.63) is 46.0 Å². The molecule has 0 fully saturated rings. The summed E-state index contributed by atoms with van der Waals surface area (Å²) in [4.78, 5) is 0. The molecule has 1 aliphatic carbocycles.